The van der Waals surface area contributed by atoms with Crippen LogP contribution in [0.2, 0.25) is 5.02 Å². The predicted molar refractivity (Wildman–Crippen MR) is 103 cm³/mol. The fourth-order valence-electron chi connectivity index (χ4n) is 2.96. The number of carbonyl (C=O) groups excluding carboxylic acids is 1. The predicted octanol–water partition coefficient (Wildman–Crippen LogP) is 4.14. The van der Waals surface area contributed by atoms with E-state index in [2.05, 4.69) is 15.3 Å². The Hall–Kier alpha value is -2.72. The van der Waals surface area contributed by atoms with Crippen molar-refractivity contribution in [3.8, 4) is 0 Å². The van der Waals surface area contributed by atoms with E-state index in [1.54, 1.807) is 6.92 Å². The van der Waals surface area contributed by atoms with Crippen LogP contribution in [0.1, 0.15) is 35.0 Å². The van der Waals surface area contributed by atoms with Gasteiger partial charge >= 0.3 is 6.18 Å². The average Bonchev–Trinajstić information content (AvgIpc) is 2.83. The van der Waals surface area contributed by atoms with Crippen LogP contribution in [0.15, 0.2) is 35.5 Å². The molecule has 1 atom stereocenters. The van der Waals surface area contributed by atoms with Crippen LogP contribution in [0.4, 0.5) is 23.2 Å². The van der Waals surface area contributed by atoms with Gasteiger partial charge < -0.3 is 15.8 Å². The molecule has 3 rings (SSSR count). The SMILES string of the molecule is C[C@@]1(c2cc(NC(=O)c3ncc(C(F)(F)F)cc3Cl)ccc2F)COCCC(N)=N1. The van der Waals surface area contributed by atoms with Gasteiger partial charge in [0.1, 0.15) is 17.1 Å². The van der Waals surface area contributed by atoms with Gasteiger partial charge in [-0.3, -0.25) is 9.79 Å². The van der Waals surface area contributed by atoms with Crippen LogP contribution in [0.5, 0.6) is 0 Å². The molecule has 3 N–H and O–H groups in total. The minimum absolute atomic E-state index is 0.0777. The molecule has 0 bridgehead atoms. The number of pyridine rings is 1. The van der Waals surface area contributed by atoms with Crippen molar-refractivity contribution in [2.45, 2.75) is 25.1 Å². The number of hydrogen-bond donors (Lipinski definition) is 2. The summed E-state index contributed by atoms with van der Waals surface area (Å²) in [6, 6.07) is 4.40. The molecule has 2 aromatic rings. The zero-order chi connectivity index (χ0) is 22.1. The Morgan fingerprint density at radius 2 is 2.07 bits per heavy atom. The van der Waals surface area contributed by atoms with Crippen molar-refractivity contribution in [1.29, 1.82) is 0 Å². The minimum atomic E-state index is -4.64. The number of amidine groups is 1. The van der Waals surface area contributed by atoms with E-state index >= 15 is 0 Å². The van der Waals surface area contributed by atoms with Crippen LogP contribution in [0, 0.1) is 5.82 Å². The van der Waals surface area contributed by atoms with Gasteiger partial charge in [-0.25, -0.2) is 9.37 Å². The number of amides is 1. The van der Waals surface area contributed by atoms with Gasteiger partial charge in [-0.15, -0.1) is 0 Å². The third-order valence-electron chi connectivity index (χ3n) is 4.46. The number of aliphatic imine (C=N–C) groups is 1. The van der Waals surface area contributed by atoms with Gasteiger partial charge in [0.15, 0.2) is 0 Å². The quantitative estimate of drug-likeness (QED) is 0.696. The van der Waals surface area contributed by atoms with Gasteiger partial charge in [0.2, 0.25) is 0 Å². The number of carbonyl (C=O) groups is 1. The van der Waals surface area contributed by atoms with Crippen LogP contribution in [0.3, 0.4) is 0 Å². The molecule has 0 aliphatic carbocycles. The molecule has 1 amide bonds. The highest BCUT2D eigenvalue weighted by molar-refractivity contribution is 6.34. The molecule has 0 fully saturated rings. The lowest BCUT2D eigenvalue weighted by molar-refractivity contribution is -0.137. The summed E-state index contributed by atoms with van der Waals surface area (Å²) in [5, 5.41) is 1.99. The monoisotopic (exact) mass is 444 g/mol. The second-order valence-electron chi connectivity index (χ2n) is 6.88. The molecular weight excluding hydrogens is 428 g/mol. The number of anilines is 1. The van der Waals surface area contributed by atoms with E-state index < -0.39 is 39.7 Å². The van der Waals surface area contributed by atoms with Crippen molar-refractivity contribution >= 4 is 29.0 Å². The Morgan fingerprint density at radius 3 is 2.73 bits per heavy atom. The number of nitrogens with one attached hydrogen (secondary N) is 1. The van der Waals surface area contributed by atoms with Crippen molar-refractivity contribution in [2.24, 2.45) is 10.7 Å². The second-order valence-corrected chi connectivity index (χ2v) is 7.29. The first-order valence-corrected chi connectivity index (χ1v) is 9.13. The molecule has 11 heteroatoms. The third-order valence-corrected chi connectivity index (χ3v) is 4.75. The Bertz CT molecular complexity index is 1010. The molecule has 1 aliphatic rings. The first-order valence-electron chi connectivity index (χ1n) is 8.76. The van der Waals surface area contributed by atoms with Crippen LogP contribution in [-0.2, 0) is 16.5 Å². The lowest BCUT2D eigenvalue weighted by Gasteiger charge is -2.25. The van der Waals surface area contributed by atoms with Crippen molar-refractivity contribution in [1.82, 2.24) is 4.98 Å². The standard InChI is InChI=1S/C19H17ClF4N4O2/c1-18(9-30-5-4-15(25)28-18)12-7-11(2-3-14(12)21)27-17(29)16-13(20)6-10(8-26-16)19(22,23)24/h2-3,6-8H,4-5,9H2,1H3,(H2,25,28)(H,27,29)/t18-/m0/s1. The fraction of sp³-hybridized carbons (Fsp3) is 0.316. The van der Waals surface area contributed by atoms with Crippen LogP contribution in [-0.4, -0.2) is 29.9 Å². The van der Waals surface area contributed by atoms with E-state index in [9.17, 15) is 22.4 Å². The van der Waals surface area contributed by atoms with Crippen molar-refractivity contribution in [3.05, 3.63) is 58.1 Å². The van der Waals surface area contributed by atoms with Crippen molar-refractivity contribution in [2.75, 3.05) is 18.5 Å². The number of nitrogens with zero attached hydrogens (tertiary/aromatic N) is 2. The molecule has 2 heterocycles. The van der Waals surface area contributed by atoms with E-state index in [1.165, 1.54) is 12.1 Å². The Kier molecular flexibility index (Phi) is 6.00. The smallest absolute Gasteiger partial charge is 0.387 e. The summed E-state index contributed by atoms with van der Waals surface area (Å²) in [5.74, 6) is -1.12. The third kappa shape index (κ3) is 4.71. The van der Waals surface area contributed by atoms with Crippen LogP contribution < -0.4 is 11.1 Å². The number of alkyl halides is 3. The largest absolute Gasteiger partial charge is 0.417 e. The minimum Gasteiger partial charge on any atom is -0.387 e. The highest BCUT2D eigenvalue weighted by atomic mass is 35.5. The lowest BCUT2D eigenvalue weighted by atomic mass is 9.92. The van der Waals surface area contributed by atoms with Gasteiger partial charge in [-0.05, 0) is 31.2 Å². The van der Waals surface area contributed by atoms with E-state index in [1.807, 2.05) is 0 Å². The maximum Gasteiger partial charge on any atom is 0.417 e. The Balaban J connectivity index is 1.89. The molecule has 30 heavy (non-hydrogen) atoms. The maximum atomic E-state index is 14.5. The van der Waals surface area contributed by atoms with E-state index in [-0.39, 0.29) is 17.9 Å². The van der Waals surface area contributed by atoms with Crippen molar-refractivity contribution in [3.63, 3.8) is 0 Å². The zero-order valence-corrected chi connectivity index (χ0v) is 16.4. The maximum absolute atomic E-state index is 14.5. The lowest BCUT2D eigenvalue weighted by Crippen LogP contribution is -2.28. The normalized spacial score (nSPS) is 19.7. The molecule has 0 spiro atoms. The molecule has 1 aromatic heterocycles. The van der Waals surface area contributed by atoms with Crippen LogP contribution >= 0.6 is 11.6 Å². The summed E-state index contributed by atoms with van der Waals surface area (Å²) < 4.78 is 58.2. The molecule has 1 aliphatic heterocycles. The van der Waals surface area contributed by atoms with E-state index in [0.717, 1.165) is 6.07 Å². The molecule has 0 radical (unpaired) electrons. The molecule has 6 nitrogen and oxygen atoms in total. The highest BCUT2D eigenvalue weighted by Gasteiger charge is 2.33. The average molecular weight is 445 g/mol. The molecule has 1 aromatic carbocycles. The molecule has 160 valence electrons. The van der Waals surface area contributed by atoms with Gasteiger partial charge in [-0.2, -0.15) is 13.2 Å². The van der Waals surface area contributed by atoms with Crippen molar-refractivity contribution < 1.29 is 27.1 Å². The molecular formula is C19H17ClF4N4O2. The van der Waals surface area contributed by atoms with Gasteiger partial charge in [-0.1, -0.05) is 11.6 Å². The summed E-state index contributed by atoms with van der Waals surface area (Å²) in [7, 11) is 0. The summed E-state index contributed by atoms with van der Waals surface area (Å²) in [6.45, 7) is 2.07. The van der Waals surface area contributed by atoms with E-state index in [0.29, 0.717) is 31.1 Å². The van der Waals surface area contributed by atoms with Gasteiger partial charge in [0, 0.05) is 23.9 Å². The zero-order valence-electron chi connectivity index (χ0n) is 15.7. The number of aromatic nitrogens is 1. The summed E-state index contributed by atoms with van der Waals surface area (Å²) >= 11 is 5.80. The first kappa shape index (κ1) is 22.0. The molecule has 0 saturated heterocycles. The number of hydrogen-bond acceptors (Lipinski definition) is 5. The summed E-state index contributed by atoms with van der Waals surface area (Å²) in [6.07, 6.45) is -3.72. The second kappa shape index (κ2) is 8.19. The number of nitrogens with two attached hydrogens (primary N) is 1. The van der Waals surface area contributed by atoms with Gasteiger partial charge in [0.05, 0.1) is 29.6 Å². The molecule has 0 unspecified atom stereocenters. The highest BCUT2D eigenvalue weighted by Crippen LogP contribution is 2.33. The Morgan fingerprint density at radius 1 is 1.33 bits per heavy atom. The van der Waals surface area contributed by atoms with Gasteiger partial charge in [0.25, 0.3) is 5.91 Å². The fourth-order valence-corrected chi connectivity index (χ4v) is 3.21. The number of halogens is 5. The number of ether oxygens (including phenoxy) is 1. The summed E-state index contributed by atoms with van der Waals surface area (Å²) in [4.78, 5) is 20.3. The summed E-state index contributed by atoms with van der Waals surface area (Å²) in [5.41, 5.74) is 3.54. The molecule has 0 saturated carbocycles. The number of rotatable bonds is 3. The van der Waals surface area contributed by atoms with E-state index in [4.69, 9.17) is 22.1 Å². The van der Waals surface area contributed by atoms with Crippen LogP contribution in [0.25, 0.3) is 0 Å². The number of benzene rings is 1. The Labute approximate surface area is 174 Å². The first-order chi connectivity index (χ1) is 14.0. The topological polar surface area (TPSA) is 89.6 Å².